The number of methoxy groups -OCH3 is 1. The Balaban J connectivity index is 2.36. The van der Waals surface area contributed by atoms with Crippen molar-refractivity contribution >= 4 is 21.9 Å². The topological polar surface area (TPSA) is 61.3 Å². The molecule has 7 heteroatoms. The first-order valence-corrected chi connectivity index (χ1v) is 6.36. The van der Waals surface area contributed by atoms with E-state index in [1.54, 1.807) is 13.0 Å². The van der Waals surface area contributed by atoms with Gasteiger partial charge in [0.05, 0.1) is 7.11 Å². The minimum absolute atomic E-state index is 0.00621. The van der Waals surface area contributed by atoms with E-state index in [0.717, 1.165) is 0 Å². The zero-order chi connectivity index (χ0) is 14.7. The molecular formula is C13H10BrFN2O3. The number of hydrogen-bond donors (Lipinski definition) is 0. The van der Waals surface area contributed by atoms with Crippen LogP contribution in [-0.4, -0.2) is 23.0 Å². The third-order valence-corrected chi connectivity index (χ3v) is 2.80. The maximum Gasteiger partial charge on any atom is 0.376 e. The van der Waals surface area contributed by atoms with E-state index < -0.39 is 11.8 Å². The highest BCUT2D eigenvalue weighted by Crippen LogP contribution is 2.26. The molecule has 0 radical (unpaired) electrons. The summed E-state index contributed by atoms with van der Waals surface area (Å²) in [5, 5.41) is 0. The van der Waals surface area contributed by atoms with E-state index in [1.165, 1.54) is 25.3 Å². The van der Waals surface area contributed by atoms with Crippen molar-refractivity contribution in [1.29, 1.82) is 0 Å². The number of benzene rings is 1. The van der Waals surface area contributed by atoms with Gasteiger partial charge in [-0.2, -0.15) is 4.98 Å². The van der Waals surface area contributed by atoms with Crippen molar-refractivity contribution in [3.8, 4) is 11.6 Å². The van der Waals surface area contributed by atoms with Crippen LogP contribution in [0.3, 0.4) is 0 Å². The monoisotopic (exact) mass is 340 g/mol. The van der Waals surface area contributed by atoms with Gasteiger partial charge in [-0.25, -0.2) is 14.2 Å². The molecule has 0 amide bonds. The Kier molecular flexibility index (Phi) is 4.29. The van der Waals surface area contributed by atoms with E-state index in [0.29, 0.717) is 10.2 Å². The highest BCUT2D eigenvalue weighted by molar-refractivity contribution is 9.10. The molecule has 5 nitrogen and oxygen atoms in total. The van der Waals surface area contributed by atoms with Gasteiger partial charge in [0.25, 0.3) is 0 Å². The van der Waals surface area contributed by atoms with E-state index in [9.17, 15) is 9.18 Å². The predicted octanol–water partition coefficient (Wildman–Crippen LogP) is 3.27. The largest absolute Gasteiger partial charge is 0.463 e. The molecule has 2 rings (SSSR count). The first-order valence-electron chi connectivity index (χ1n) is 5.56. The number of aromatic nitrogens is 2. The number of esters is 1. The first kappa shape index (κ1) is 14.4. The zero-order valence-corrected chi connectivity index (χ0v) is 12.3. The highest BCUT2D eigenvalue weighted by Gasteiger charge is 2.14. The lowest BCUT2D eigenvalue weighted by Gasteiger charge is -2.08. The van der Waals surface area contributed by atoms with Crippen molar-refractivity contribution in [2.24, 2.45) is 0 Å². The van der Waals surface area contributed by atoms with E-state index in [1.807, 2.05) is 0 Å². The number of carbonyl (C=O) groups is 1. The van der Waals surface area contributed by atoms with Gasteiger partial charge in [0.1, 0.15) is 0 Å². The SMILES string of the molecule is COC(=O)c1nc(C)cc(Oc2cc(Br)ccc2F)n1. The molecule has 0 N–H and O–H groups in total. The fourth-order valence-corrected chi connectivity index (χ4v) is 1.78. The molecule has 0 aliphatic carbocycles. The van der Waals surface area contributed by atoms with Crippen LogP contribution < -0.4 is 4.74 Å². The van der Waals surface area contributed by atoms with Gasteiger partial charge in [0, 0.05) is 16.2 Å². The molecule has 20 heavy (non-hydrogen) atoms. The number of nitrogens with zero attached hydrogens (tertiary/aromatic N) is 2. The average molecular weight is 341 g/mol. The van der Waals surface area contributed by atoms with Crippen LogP contribution in [0.2, 0.25) is 0 Å². The van der Waals surface area contributed by atoms with E-state index >= 15 is 0 Å². The summed E-state index contributed by atoms with van der Waals surface area (Å²) in [7, 11) is 1.22. The Bertz CT molecular complexity index is 664. The number of ether oxygens (including phenoxy) is 2. The molecule has 0 bridgehead atoms. The highest BCUT2D eigenvalue weighted by atomic mass is 79.9. The Morgan fingerprint density at radius 3 is 2.75 bits per heavy atom. The second-order valence-electron chi connectivity index (χ2n) is 3.84. The van der Waals surface area contributed by atoms with E-state index in [-0.39, 0.29) is 17.5 Å². The molecule has 1 aromatic carbocycles. The Morgan fingerprint density at radius 2 is 2.05 bits per heavy atom. The summed E-state index contributed by atoms with van der Waals surface area (Å²) in [6.07, 6.45) is 0. The summed E-state index contributed by atoms with van der Waals surface area (Å²) in [4.78, 5) is 19.2. The van der Waals surface area contributed by atoms with E-state index in [2.05, 4.69) is 30.6 Å². The number of aryl methyl sites for hydroxylation is 1. The van der Waals surface area contributed by atoms with Crippen molar-refractivity contribution in [3.05, 3.63) is 46.1 Å². The second-order valence-corrected chi connectivity index (χ2v) is 4.76. The van der Waals surface area contributed by atoms with Gasteiger partial charge < -0.3 is 9.47 Å². The molecule has 1 heterocycles. The summed E-state index contributed by atoms with van der Waals surface area (Å²) in [5.74, 6) is -1.31. The Hall–Kier alpha value is -2.02. The van der Waals surface area contributed by atoms with Crippen LogP contribution in [0.25, 0.3) is 0 Å². The minimum atomic E-state index is -0.687. The van der Waals surface area contributed by atoms with Gasteiger partial charge in [-0.05, 0) is 25.1 Å². The number of carbonyl (C=O) groups excluding carboxylic acids is 1. The molecule has 2 aromatic rings. The number of rotatable bonds is 3. The maximum absolute atomic E-state index is 13.6. The smallest absolute Gasteiger partial charge is 0.376 e. The molecule has 0 fully saturated rings. The number of hydrogen-bond acceptors (Lipinski definition) is 5. The van der Waals surface area contributed by atoms with Gasteiger partial charge >= 0.3 is 5.97 Å². The quantitative estimate of drug-likeness (QED) is 0.802. The molecule has 104 valence electrons. The molecule has 0 saturated heterocycles. The van der Waals surface area contributed by atoms with Crippen molar-refractivity contribution in [3.63, 3.8) is 0 Å². The normalized spacial score (nSPS) is 10.2. The van der Waals surface area contributed by atoms with Crippen LogP contribution in [0.1, 0.15) is 16.3 Å². The van der Waals surface area contributed by atoms with Gasteiger partial charge in [0.15, 0.2) is 11.6 Å². The summed E-state index contributed by atoms with van der Waals surface area (Å²) in [5.41, 5.74) is 0.505. The lowest BCUT2D eigenvalue weighted by molar-refractivity contribution is 0.0585. The lowest BCUT2D eigenvalue weighted by atomic mass is 10.3. The Morgan fingerprint density at radius 1 is 1.30 bits per heavy atom. The lowest BCUT2D eigenvalue weighted by Crippen LogP contribution is -2.09. The van der Waals surface area contributed by atoms with Gasteiger partial charge in [0.2, 0.25) is 11.7 Å². The summed E-state index contributed by atoms with van der Waals surface area (Å²) >= 11 is 3.22. The molecule has 0 saturated carbocycles. The fraction of sp³-hybridized carbons (Fsp3) is 0.154. The van der Waals surface area contributed by atoms with Crippen LogP contribution >= 0.6 is 15.9 Å². The third kappa shape index (κ3) is 3.30. The van der Waals surface area contributed by atoms with Crippen LogP contribution in [0.5, 0.6) is 11.6 Å². The van der Waals surface area contributed by atoms with Gasteiger partial charge in [-0.1, -0.05) is 15.9 Å². The third-order valence-electron chi connectivity index (χ3n) is 2.31. The molecule has 0 atom stereocenters. The average Bonchev–Trinajstić information content (AvgIpc) is 2.41. The first-order chi connectivity index (χ1) is 9.49. The molecule has 0 aliphatic heterocycles. The summed E-state index contributed by atoms with van der Waals surface area (Å²) in [6, 6.07) is 5.76. The number of halogens is 2. The van der Waals surface area contributed by atoms with Crippen molar-refractivity contribution in [2.75, 3.05) is 7.11 Å². The van der Waals surface area contributed by atoms with Crippen LogP contribution in [0.4, 0.5) is 4.39 Å². The van der Waals surface area contributed by atoms with Crippen LogP contribution in [-0.2, 0) is 4.74 Å². The van der Waals surface area contributed by atoms with Crippen molar-refractivity contribution in [1.82, 2.24) is 9.97 Å². The summed E-state index contributed by atoms with van der Waals surface area (Å²) < 4.78 is 24.1. The van der Waals surface area contributed by atoms with Crippen molar-refractivity contribution < 1.29 is 18.7 Å². The summed E-state index contributed by atoms with van der Waals surface area (Å²) in [6.45, 7) is 1.66. The molecule has 0 aliphatic rings. The zero-order valence-electron chi connectivity index (χ0n) is 10.7. The molecule has 0 unspecified atom stereocenters. The second kappa shape index (κ2) is 5.96. The predicted molar refractivity (Wildman–Crippen MR) is 72.3 cm³/mol. The fourth-order valence-electron chi connectivity index (χ4n) is 1.44. The maximum atomic E-state index is 13.6. The Labute approximate surface area is 122 Å². The molecule has 0 spiro atoms. The van der Waals surface area contributed by atoms with Crippen molar-refractivity contribution in [2.45, 2.75) is 6.92 Å². The van der Waals surface area contributed by atoms with Crippen LogP contribution in [0.15, 0.2) is 28.7 Å². The minimum Gasteiger partial charge on any atom is -0.463 e. The molecule has 1 aromatic heterocycles. The molecular weight excluding hydrogens is 331 g/mol. The van der Waals surface area contributed by atoms with Crippen LogP contribution in [0, 0.1) is 12.7 Å². The van der Waals surface area contributed by atoms with Gasteiger partial charge in [-0.3, -0.25) is 0 Å². The van der Waals surface area contributed by atoms with E-state index in [4.69, 9.17) is 4.74 Å². The standard InChI is InChI=1S/C13H10BrFN2O3/c1-7-5-11(17-12(16-7)13(18)19-2)20-10-6-8(14)3-4-9(10)15/h3-6H,1-2H3. The van der Waals surface area contributed by atoms with Gasteiger partial charge in [-0.15, -0.1) is 0 Å².